The standard InChI is InChI=1S/C27H34FN5O3/c1-20-29-13-7-23(31-20)32-15-4-8-26(11-16-33(17-12-26)25(35)27(28)9-10-27)19-36-22-6-3-2-5-21(22)24(34)30-14-18-32/h2-3,5-7,13H,4,8-12,14-19H2,1H3,(H,30,34). The summed E-state index contributed by atoms with van der Waals surface area (Å²) in [5.74, 6) is 1.59. The number of likely N-dealkylation sites (tertiary alicyclic amines) is 1. The molecule has 2 fully saturated rings. The molecule has 1 N–H and O–H groups in total. The fraction of sp³-hybridized carbons (Fsp3) is 0.556. The van der Waals surface area contributed by atoms with Gasteiger partial charge >= 0.3 is 0 Å². The van der Waals surface area contributed by atoms with Gasteiger partial charge in [-0.15, -0.1) is 0 Å². The zero-order valence-corrected chi connectivity index (χ0v) is 20.8. The third kappa shape index (κ3) is 5.29. The van der Waals surface area contributed by atoms with Crippen LogP contribution >= 0.6 is 0 Å². The fourth-order valence-electron chi connectivity index (χ4n) is 5.27. The van der Waals surface area contributed by atoms with E-state index in [0.717, 1.165) is 38.0 Å². The summed E-state index contributed by atoms with van der Waals surface area (Å²) in [6.45, 7) is 5.26. The average Bonchev–Trinajstić information content (AvgIpc) is 3.64. The number of fused-ring (bicyclic) bond motifs is 1. The molecule has 1 saturated carbocycles. The van der Waals surface area contributed by atoms with E-state index >= 15 is 0 Å². The lowest BCUT2D eigenvalue weighted by atomic mass is 9.75. The van der Waals surface area contributed by atoms with Crippen LogP contribution in [0, 0.1) is 12.3 Å². The summed E-state index contributed by atoms with van der Waals surface area (Å²) >= 11 is 0. The van der Waals surface area contributed by atoms with Crippen LogP contribution in [0.5, 0.6) is 5.75 Å². The third-order valence-corrected chi connectivity index (χ3v) is 7.74. The number of para-hydroxylation sites is 1. The number of hydrogen-bond donors (Lipinski definition) is 1. The Kier molecular flexibility index (Phi) is 6.81. The minimum absolute atomic E-state index is 0.158. The van der Waals surface area contributed by atoms with Gasteiger partial charge in [0, 0.05) is 44.3 Å². The van der Waals surface area contributed by atoms with E-state index in [4.69, 9.17) is 4.74 Å². The highest BCUT2D eigenvalue weighted by atomic mass is 19.1. The number of rotatable bonds is 2. The Hall–Kier alpha value is -3.23. The Labute approximate surface area is 211 Å². The zero-order chi connectivity index (χ0) is 25.2. The van der Waals surface area contributed by atoms with Crippen LogP contribution in [-0.4, -0.2) is 71.7 Å². The number of benzene rings is 1. The minimum atomic E-state index is -1.63. The van der Waals surface area contributed by atoms with Gasteiger partial charge < -0.3 is 19.9 Å². The predicted octanol–water partition coefficient (Wildman–Crippen LogP) is 3.30. The molecule has 3 aliphatic rings. The number of nitrogens with zero attached hydrogens (tertiary/aromatic N) is 4. The van der Waals surface area contributed by atoms with Crippen LogP contribution < -0.4 is 15.0 Å². The van der Waals surface area contributed by atoms with Gasteiger partial charge in [0.05, 0.1) is 12.2 Å². The molecule has 36 heavy (non-hydrogen) atoms. The molecule has 5 rings (SSSR count). The molecule has 0 unspecified atom stereocenters. The van der Waals surface area contributed by atoms with E-state index in [1.165, 1.54) is 0 Å². The molecule has 8 nitrogen and oxygen atoms in total. The molecule has 9 heteroatoms. The average molecular weight is 496 g/mol. The molecular weight excluding hydrogens is 461 g/mol. The van der Waals surface area contributed by atoms with Crippen molar-refractivity contribution in [2.45, 2.75) is 51.1 Å². The first-order valence-electron chi connectivity index (χ1n) is 12.9. The second-order valence-electron chi connectivity index (χ2n) is 10.4. The second kappa shape index (κ2) is 10.0. The van der Waals surface area contributed by atoms with E-state index in [1.54, 1.807) is 17.2 Å². The van der Waals surface area contributed by atoms with E-state index in [-0.39, 0.29) is 17.2 Å². The molecule has 2 aliphatic heterocycles. The molecule has 0 atom stereocenters. The monoisotopic (exact) mass is 495 g/mol. The minimum Gasteiger partial charge on any atom is -0.492 e. The van der Waals surface area contributed by atoms with E-state index < -0.39 is 5.67 Å². The van der Waals surface area contributed by atoms with Gasteiger partial charge in [-0.05, 0) is 63.6 Å². The van der Waals surface area contributed by atoms with Crippen LogP contribution in [0.15, 0.2) is 36.5 Å². The van der Waals surface area contributed by atoms with Gasteiger partial charge in [-0.1, -0.05) is 12.1 Å². The van der Waals surface area contributed by atoms with Crippen LogP contribution in [0.3, 0.4) is 0 Å². The van der Waals surface area contributed by atoms with Crippen LogP contribution in [0.25, 0.3) is 0 Å². The van der Waals surface area contributed by atoms with Gasteiger partial charge in [0.2, 0.25) is 0 Å². The first-order chi connectivity index (χ1) is 17.4. The Morgan fingerprint density at radius 3 is 2.58 bits per heavy atom. The number of ether oxygens (including phenoxy) is 1. The summed E-state index contributed by atoms with van der Waals surface area (Å²) in [4.78, 5) is 38.2. The van der Waals surface area contributed by atoms with Crippen molar-refractivity contribution in [3.63, 3.8) is 0 Å². The molecule has 0 radical (unpaired) electrons. The van der Waals surface area contributed by atoms with Crippen molar-refractivity contribution < 1.29 is 18.7 Å². The van der Waals surface area contributed by atoms with Crippen LogP contribution in [0.2, 0.25) is 0 Å². The van der Waals surface area contributed by atoms with Crippen LogP contribution in [0.1, 0.15) is 54.7 Å². The van der Waals surface area contributed by atoms with Crippen LogP contribution in [0.4, 0.5) is 10.2 Å². The van der Waals surface area contributed by atoms with Crippen molar-refractivity contribution in [1.29, 1.82) is 0 Å². The van der Waals surface area contributed by atoms with Gasteiger partial charge in [-0.3, -0.25) is 9.59 Å². The molecule has 1 aromatic carbocycles. The van der Waals surface area contributed by atoms with Crippen molar-refractivity contribution in [2.75, 3.05) is 44.2 Å². The Morgan fingerprint density at radius 2 is 1.83 bits per heavy atom. The summed E-state index contributed by atoms with van der Waals surface area (Å²) in [6.07, 6.45) is 5.74. The number of hydrogen-bond acceptors (Lipinski definition) is 6. The molecule has 1 saturated heterocycles. The third-order valence-electron chi connectivity index (χ3n) is 7.74. The number of halogens is 1. The summed E-state index contributed by atoms with van der Waals surface area (Å²) < 4.78 is 20.7. The van der Waals surface area contributed by atoms with Gasteiger partial charge in [0.1, 0.15) is 17.4 Å². The molecule has 1 spiro atoms. The van der Waals surface area contributed by atoms with Crippen LogP contribution in [-0.2, 0) is 4.79 Å². The number of amides is 2. The number of piperidine rings is 1. The summed E-state index contributed by atoms with van der Waals surface area (Å²) in [5, 5.41) is 3.02. The number of anilines is 1. The van der Waals surface area contributed by atoms with Crippen molar-refractivity contribution in [1.82, 2.24) is 20.2 Å². The molecule has 1 aliphatic carbocycles. The number of carbonyl (C=O) groups is 2. The highest BCUT2D eigenvalue weighted by molar-refractivity contribution is 5.96. The van der Waals surface area contributed by atoms with E-state index in [1.807, 2.05) is 31.2 Å². The highest BCUT2D eigenvalue weighted by Crippen LogP contribution is 2.44. The first kappa shape index (κ1) is 24.5. The predicted molar refractivity (Wildman–Crippen MR) is 134 cm³/mol. The maximum Gasteiger partial charge on any atom is 0.260 e. The quantitative estimate of drug-likeness (QED) is 0.688. The van der Waals surface area contributed by atoms with Crippen molar-refractivity contribution in [3.8, 4) is 5.75 Å². The summed E-state index contributed by atoms with van der Waals surface area (Å²) in [7, 11) is 0. The smallest absolute Gasteiger partial charge is 0.260 e. The van der Waals surface area contributed by atoms with Gasteiger partial charge in [-0.2, -0.15) is 0 Å². The number of aromatic nitrogens is 2. The Bertz CT molecular complexity index is 1110. The lowest BCUT2D eigenvalue weighted by Crippen LogP contribution is -2.48. The molecule has 2 aromatic rings. The lowest BCUT2D eigenvalue weighted by Gasteiger charge is -2.42. The van der Waals surface area contributed by atoms with Crippen molar-refractivity contribution in [2.24, 2.45) is 5.41 Å². The molecule has 0 bridgehead atoms. The highest BCUT2D eigenvalue weighted by Gasteiger charge is 2.53. The van der Waals surface area contributed by atoms with Crippen molar-refractivity contribution in [3.05, 3.63) is 47.9 Å². The molecular formula is C27H34FN5O3. The number of alkyl halides is 1. The molecule has 3 heterocycles. The maximum absolute atomic E-state index is 14.4. The summed E-state index contributed by atoms with van der Waals surface area (Å²) in [6, 6.07) is 9.21. The second-order valence-corrected chi connectivity index (χ2v) is 10.4. The molecule has 192 valence electrons. The largest absolute Gasteiger partial charge is 0.492 e. The lowest BCUT2D eigenvalue weighted by molar-refractivity contribution is -0.141. The van der Waals surface area contributed by atoms with Gasteiger partial charge in [-0.25, -0.2) is 14.4 Å². The first-order valence-corrected chi connectivity index (χ1v) is 12.9. The number of aryl methyl sites for hydroxylation is 1. The summed E-state index contributed by atoms with van der Waals surface area (Å²) in [5.41, 5.74) is -1.28. The van der Waals surface area contributed by atoms with E-state index in [9.17, 15) is 14.0 Å². The Morgan fingerprint density at radius 1 is 1.06 bits per heavy atom. The number of nitrogens with one attached hydrogen (secondary N) is 1. The van der Waals surface area contributed by atoms with Gasteiger partial charge in [0.15, 0.2) is 5.67 Å². The molecule has 1 aromatic heterocycles. The maximum atomic E-state index is 14.4. The number of carbonyl (C=O) groups excluding carboxylic acids is 2. The van der Waals surface area contributed by atoms with E-state index in [0.29, 0.717) is 62.8 Å². The zero-order valence-electron chi connectivity index (χ0n) is 20.8. The topological polar surface area (TPSA) is 87.7 Å². The fourth-order valence-corrected chi connectivity index (χ4v) is 5.27. The van der Waals surface area contributed by atoms with Gasteiger partial charge in [0.25, 0.3) is 11.8 Å². The van der Waals surface area contributed by atoms with Crippen molar-refractivity contribution >= 4 is 17.6 Å². The molecule has 2 amide bonds. The normalized spacial score (nSPS) is 21.8. The Balaban J connectivity index is 1.36. The SMILES string of the molecule is Cc1nccc(N2CCCC3(CCN(C(=O)C4(F)CC4)CC3)COc3ccccc3C(=O)NCC2)n1. The van der Waals surface area contributed by atoms with E-state index in [2.05, 4.69) is 20.2 Å².